The molecule has 2 saturated carbocycles. The summed E-state index contributed by atoms with van der Waals surface area (Å²) in [5, 5.41) is 33.0. The minimum absolute atomic E-state index is 0.175. The van der Waals surface area contributed by atoms with E-state index in [1.54, 1.807) is 0 Å². The van der Waals surface area contributed by atoms with Gasteiger partial charge in [-0.3, -0.25) is 10.3 Å². The van der Waals surface area contributed by atoms with Crippen LogP contribution in [0.25, 0.3) is 5.69 Å². The van der Waals surface area contributed by atoms with Gasteiger partial charge in [-0.05, 0) is 79.1 Å². The van der Waals surface area contributed by atoms with E-state index in [1.165, 1.54) is 18.4 Å². The molecule has 6 rings (SSSR count). The number of carboxylic acids is 1. The van der Waals surface area contributed by atoms with E-state index in [2.05, 4.69) is 64.2 Å². The molecule has 2 N–H and O–H groups in total. The molecule has 0 amide bonds. The van der Waals surface area contributed by atoms with Gasteiger partial charge in [0.1, 0.15) is 11.7 Å². The fourth-order valence-corrected chi connectivity index (χ4v) is 4.60. The average Bonchev–Trinajstić information content (AvgIpc) is 3.92. The zero-order chi connectivity index (χ0) is 29.9. The molecule has 2 aliphatic rings. The van der Waals surface area contributed by atoms with Gasteiger partial charge in [0, 0.05) is 18.7 Å². The van der Waals surface area contributed by atoms with Gasteiger partial charge >= 0.3 is 12.1 Å². The quantitative estimate of drug-likeness (QED) is 0.267. The third kappa shape index (κ3) is 6.81. The van der Waals surface area contributed by atoms with Crippen molar-refractivity contribution in [3.63, 3.8) is 0 Å². The number of benzene rings is 1. The van der Waals surface area contributed by atoms with E-state index >= 15 is 0 Å². The number of halogens is 3. The molecule has 1 aromatic carbocycles. The molecule has 2 fully saturated rings. The number of para-hydroxylation sites is 1. The molecule has 0 saturated heterocycles. The fourth-order valence-electron chi connectivity index (χ4n) is 4.60. The van der Waals surface area contributed by atoms with Crippen LogP contribution < -0.4 is 5.32 Å². The summed E-state index contributed by atoms with van der Waals surface area (Å²) >= 11 is 0. The highest BCUT2D eigenvalue weighted by Crippen LogP contribution is 2.44. The molecule has 42 heavy (non-hydrogen) atoms. The van der Waals surface area contributed by atoms with Gasteiger partial charge in [0.15, 0.2) is 5.82 Å². The Labute approximate surface area is 240 Å². The summed E-state index contributed by atoms with van der Waals surface area (Å²) in [5.74, 6) is -0.858. The summed E-state index contributed by atoms with van der Waals surface area (Å²) in [6, 6.07) is 14.4. The first-order chi connectivity index (χ1) is 20.2. The molecular weight excluding hydrogens is 551 g/mol. The third-order valence-electron chi connectivity index (χ3n) is 7.38. The van der Waals surface area contributed by atoms with E-state index in [9.17, 15) is 13.2 Å². The number of nitrogens with one attached hydrogen (secondary N) is 1. The van der Waals surface area contributed by atoms with Crippen LogP contribution in [0.5, 0.6) is 0 Å². The first-order valence-corrected chi connectivity index (χ1v) is 13.9. The third-order valence-corrected chi connectivity index (χ3v) is 7.38. The van der Waals surface area contributed by atoms with Crippen LogP contribution in [-0.4, -0.2) is 57.4 Å². The number of hydrogen-bond acceptors (Lipinski definition) is 8. The molecule has 2 aliphatic carbocycles. The van der Waals surface area contributed by atoms with Crippen molar-refractivity contribution in [1.82, 2.24) is 45.5 Å². The number of hydrogen-bond donors (Lipinski definition) is 2. The summed E-state index contributed by atoms with van der Waals surface area (Å²) < 4.78 is 35.6. The number of tetrazole rings is 1. The lowest BCUT2D eigenvalue weighted by Crippen LogP contribution is -2.28. The fraction of sp³-hybridized carbons (Fsp3) is 0.464. The Kier molecular flexibility index (Phi) is 8.61. The maximum absolute atomic E-state index is 10.6. The van der Waals surface area contributed by atoms with Gasteiger partial charge in [0.2, 0.25) is 0 Å². The van der Waals surface area contributed by atoms with Crippen molar-refractivity contribution in [2.45, 2.75) is 82.6 Å². The molecule has 3 heterocycles. The lowest BCUT2D eigenvalue weighted by Gasteiger charge is -2.20. The number of nitrogens with zero attached hydrogens (tertiary/aromatic N) is 8. The maximum atomic E-state index is 10.6. The lowest BCUT2D eigenvalue weighted by molar-refractivity contribution is -0.192. The smallest absolute Gasteiger partial charge is 0.475 e. The summed E-state index contributed by atoms with van der Waals surface area (Å²) in [5.41, 5.74) is 5.39. The van der Waals surface area contributed by atoms with Crippen molar-refractivity contribution in [3.05, 3.63) is 77.1 Å². The van der Waals surface area contributed by atoms with Crippen molar-refractivity contribution in [2.75, 3.05) is 0 Å². The van der Waals surface area contributed by atoms with E-state index in [1.807, 2.05) is 33.8 Å². The highest BCUT2D eigenvalue weighted by Gasteiger charge is 2.38. The largest absolute Gasteiger partial charge is 0.490 e. The minimum atomic E-state index is -5.08. The van der Waals surface area contributed by atoms with E-state index < -0.39 is 12.1 Å². The van der Waals surface area contributed by atoms with Crippen LogP contribution in [0.2, 0.25) is 0 Å². The molecule has 222 valence electrons. The molecule has 11 nitrogen and oxygen atoms in total. The summed E-state index contributed by atoms with van der Waals surface area (Å²) in [6.45, 7) is 4.87. The Morgan fingerprint density at radius 3 is 2.31 bits per heavy atom. The summed E-state index contributed by atoms with van der Waals surface area (Å²) in [4.78, 5) is 13.6. The van der Waals surface area contributed by atoms with Gasteiger partial charge in [-0.15, -0.1) is 10.2 Å². The second-order valence-corrected chi connectivity index (χ2v) is 10.6. The monoisotopic (exact) mass is 583 g/mol. The van der Waals surface area contributed by atoms with Crippen LogP contribution in [-0.2, 0) is 11.3 Å². The molecule has 2 unspecified atom stereocenters. The Bertz CT molecular complexity index is 1480. The van der Waals surface area contributed by atoms with Gasteiger partial charge in [-0.25, -0.2) is 14.2 Å². The molecule has 0 radical (unpaired) electrons. The normalized spacial score (nSPS) is 16.4. The Morgan fingerprint density at radius 1 is 1.05 bits per heavy atom. The van der Waals surface area contributed by atoms with E-state index in [0.717, 1.165) is 47.9 Å². The molecule has 0 bridgehead atoms. The Hall–Kier alpha value is -4.20. The van der Waals surface area contributed by atoms with E-state index in [0.29, 0.717) is 18.4 Å². The summed E-state index contributed by atoms with van der Waals surface area (Å²) in [7, 11) is 0. The van der Waals surface area contributed by atoms with Crippen LogP contribution in [0.1, 0.15) is 98.3 Å². The predicted octanol–water partition coefficient (Wildman–Crippen LogP) is 4.89. The summed E-state index contributed by atoms with van der Waals surface area (Å²) in [6.07, 6.45) is 2.71. The van der Waals surface area contributed by atoms with Crippen molar-refractivity contribution >= 4 is 5.97 Å². The molecule has 2 atom stereocenters. The number of pyridine rings is 1. The van der Waals surface area contributed by atoms with Gasteiger partial charge in [0.05, 0.1) is 23.1 Å². The van der Waals surface area contributed by atoms with Crippen LogP contribution in [0.3, 0.4) is 0 Å². The van der Waals surface area contributed by atoms with Crippen LogP contribution in [0, 0.1) is 0 Å². The molecule has 0 spiro atoms. The lowest BCUT2D eigenvalue weighted by atomic mass is 10.1. The number of carboxylic acid groups (broad SMARTS) is 1. The number of carbonyl (C=O) groups is 1. The van der Waals surface area contributed by atoms with Gasteiger partial charge in [-0.1, -0.05) is 36.4 Å². The molecule has 4 aromatic rings. The second-order valence-electron chi connectivity index (χ2n) is 10.6. The molecule has 3 aromatic heterocycles. The number of alkyl halides is 3. The molecule has 14 heteroatoms. The first kappa shape index (κ1) is 29.3. The molecule has 0 aliphatic heterocycles. The van der Waals surface area contributed by atoms with Crippen molar-refractivity contribution < 1.29 is 23.1 Å². The minimum Gasteiger partial charge on any atom is -0.475 e. The van der Waals surface area contributed by atoms with Crippen LogP contribution >= 0.6 is 0 Å². The number of aliphatic carboxylic acids is 1. The van der Waals surface area contributed by atoms with Crippen LogP contribution in [0.4, 0.5) is 13.2 Å². The van der Waals surface area contributed by atoms with Gasteiger partial charge < -0.3 is 5.11 Å². The number of rotatable bonds is 10. The molecular formula is C28H32F3N9O2. The van der Waals surface area contributed by atoms with Gasteiger partial charge in [-0.2, -0.15) is 13.2 Å². The number of aromatic nitrogens is 8. The van der Waals surface area contributed by atoms with E-state index in [-0.39, 0.29) is 12.1 Å². The van der Waals surface area contributed by atoms with E-state index in [4.69, 9.17) is 20.0 Å². The SMILES string of the molecule is CCC(C)n1nnnc1C(NCc1ccc(C2CC2)cn1)c1nnn(-c2ccccc2)c1C1CC1.O=C(O)C(F)(F)F. The second kappa shape index (κ2) is 12.3. The van der Waals surface area contributed by atoms with Crippen molar-refractivity contribution in [3.8, 4) is 5.69 Å². The van der Waals surface area contributed by atoms with Gasteiger partial charge in [0.25, 0.3) is 0 Å². The Morgan fingerprint density at radius 2 is 1.74 bits per heavy atom. The zero-order valence-electron chi connectivity index (χ0n) is 23.2. The first-order valence-electron chi connectivity index (χ1n) is 13.9. The predicted molar refractivity (Wildman–Crippen MR) is 145 cm³/mol. The van der Waals surface area contributed by atoms with Crippen molar-refractivity contribution in [1.29, 1.82) is 0 Å². The standard InChI is InChI=1S/C26H31N9.C2HF3O2/c1-3-17(2)34-26(30-31-33-34)24(28-16-21-14-13-20(15-27-21)18-9-10-18)23-25(19-11-12-19)35(32-29-23)22-7-5-4-6-8-22;3-2(4,5)1(6)7/h4-8,13-15,17-19,24,28H,3,9-12,16H2,1-2H3;(H,6,7). The maximum Gasteiger partial charge on any atom is 0.490 e. The highest BCUT2D eigenvalue weighted by atomic mass is 19.4. The highest BCUT2D eigenvalue weighted by molar-refractivity contribution is 5.73. The topological polar surface area (TPSA) is 137 Å². The van der Waals surface area contributed by atoms with Crippen LogP contribution in [0.15, 0.2) is 48.7 Å². The zero-order valence-corrected chi connectivity index (χ0v) is 23.2. The van der Waals surface area contributed by atoms with Crippen molar-refractivity contribution in [2.24, 2.45) is 0 Å². The Balaban J connectivity index is 0.000000451. The average molecular weight is 584 g/mol.